The molecule has 3 rings (SSSR count). The molecular formula is C13H15ClN2O. The summed E-state index contributed by atoms with van der Waals surface area (Å²) in [6, 6.07) is 8.68. The van der Waals surface area contributed by atoms with Gasteiger partial charge < -0.3 is 9.30 Å². The Hall–Kier alpha value is -1.06. The third-order valence-electron chi connectivity index (χ3n) is 3.26. The molecule has 1 aromatic carbocycles. The Bertz CT molecular complexity index is 517. The first kappa shape index (κ1) is 11.1. The van der Waals surface area contributed by atoms with Gasteiger partial charge in [0.1, 0.15) is 5.82 Å². The van der Waals surface area contributed by atoms with E-state index < -0.39 is 0 Å². The Morgan fingerprint density at radius 3 is 3.06 bits per heavy atom. The van der Waals surface area contributed by atoms with Crippen molar-refractivity contribution in [3.63, 3.8) is 0 Å². The molecule has 3 nitrogen and oxygen atoms in total. The zero-order valence-corrected chi connectivity index (χ0v) is 10.4. The van der Waals surface area contributed by atoms with Crippen LogP contribution in [0.25, 0.3) is 11.0 Å². The molecule has 1 saturated heterocycles. The molecule has 0 spiro atoms. The van der Waals surface area contributed by atoms with E-state index in [1.54, 1.807) is 0 Å². The number of nitrogens with zero attached hydrogens (tertiary/aromatic N) is 2. The van der Waals surface area contributed by atoms with Crippen molar-refractivity contribution in [3.05, 3.63) is 30.1 Å². The van der Waals surface area contributed by atoms with Gasteiger partial charge in [0.25, 0.3) is 0 Å². The standard InChI is InChI=1S/C13H15ClN2O/c14-7-5-13-15-11-3-1-2-4-12(11)16(13)10-6-8-17-9-10/h1-4,10H,5-9H2. The molecule has 90 valence electrons. The lowest BCUT2D eigenvalue weighted by Gasteiger charge is -2.14. The summed E-state index contributed by atoms with van der Waals surface area (Å²) in [5, 5.41) is 0. The Balaban J connectivity index is 2.13. The molecule has 0 radical (unpaired) electrons. The molecule has 17 heavy (non-hydrogen) atoms. The van der Waals surface area contributed by atoms with Gasteiger partial charge in [-0.2, -0.15) is 0 Å². The largest absolute Gasteiger partial charge is 0.379 e. The Kier molecular flexibility index (Phi) is 3.04. The van der Waals surface area contributed by atoms with Crippen LogP contribution in [-0.2, 0) is 11.2 Å². The zero-order chi connectivity index (χ0) is 11.7. The average molecular weight is 251 g/mol. The Labute approximate surface area is 105 Å². The average Bonchev–Trinajstić information content (AvgIpc) is 2.94. The van der Waals surface area contributed by atoms with Crippen LogP contribution in [0.3, 0.4) is 0 Å². The summed E-state index contributed by atoms with van der Waals surface area (Å²) in [4.78, 5) is 4.67. The van der Waals surface area contributed by atoms with E-state index >= 15 is 0 Å². The minimum absolute atomic E-state index is 0.417. The van der Waals surface area contributed by atoms with Crippen molar-refractivity contribution < 1.29 is 4.74 Å². The topological polar surface area (TPSA) is 27.1 Å². The molecule has 0 amide bonds. The maximum absolute atomic E-state index is 5.86. The number of hydrogen-bond donors (Lipinski definition) is 0. The minimum atomic E-state index is 0.417. The summed E-state index contributed by atoms with van der Waals surface area (Å²) in [6.45, 7) is 1.63. The summed E-state index contributed by atoms with van der Waals surface area (Å²) < 4.78 is 7.79. The lowest BCUT2D eigenvalue weighted by molar-refractivity contribution is 0.186. The number of benzene rings is 1. The van der Waals surface area contributed by atoms with Gasteiger partial charge in [0, 0.05) is 18.9 Å². The van der Waals surface area contributed by atoms with Gasteiger partial charge in [-0.1, -0.05) is 12.1 Å². The van der Waals surface area contributed by atoms with Crippen LogP contribution in [0, 0.1) is 0 Å². The van der Waals surface area contributed by atoms with Crippen molar-refractivity contribution in [3.8, 4) is 0 Å². The second-order valence-corrected chi connectivity index (χ2v) is 4.72. The first-order valence-electron chi connectivity index (χ1n) is 5.99. The molecule has 0 aliphatic carbocycles. The van der Waals surface area contributed by atoms with Gasteiger partial charge in [0.2, 0.25) is 0 Å². The SMILES string of the molecule is ClCCc1nc2ccccc2n1C1CCOC1. The highest BCUT2D eigenvalue weighted by atomic mass is 35.5. The second kappa shape index (κ2) is 4.67. The molecule has 1 aromatic heterocycles. The predicted octanol–water partition coefficient (Wildman–Crippen LogP) is 2.78. The van der Waals surface area contributed by atoms with E-state index in [4.69, 9.17) is 16.3 Å². The van der Waals surface area contributed by atoms with Gasteiger partial charge in [-0.3, -0.25) is 0 Å². The molecular weight excluding hydrogens is 236 g/mol. The molecule has 1 aliphatic heterocycles. The second-order valence-electron chi connectivity index (χ2n) is 4.34. The molecule has 0 N–H and O–H groups in total. The van der Waals surface area contributed by atoms with Crippen LogP contribution in [0.1, 0.15) is 18.3 Å². The number of hydrogen-bond acceptors (Lipinski definition) is 2. The van der Waals surface area contributed by atoms with E-state index in [0.29, 0.717) is 11.9 Å². The first-order valence-corrected chi connectivity index (χ1v) is 6.53. The molecule has 1 aliphatic rings. The van der Waals surface area contributed by atoms with Crippen LogP contribution in [0.4, 0.5) is 0 Å². The molecule has 1 unspecified atom stereocenters. The maximum Gasteiger partial charge on any atom is 0.111 e. The summed E-state index contributed by atoms with van der Waals surface area (Å²) >= 11 is 5.86. The van der Waals surface area contributed by atoms with Crippen molar-refractivity contribution >= 4 is 22.6 Å². The van der Waals surface area contributed by atoms with Crippen LogP contribution in [0.5, 0.6) is 0 Å². The monoisotopic (exact) mass is 250 g/mol. The minimum Gasteiger partial charge on any atom is -0.379 e. The van der Waals surface area contributed by atoms with Crippen molar-refractivity contribution in [1.29, 1.82) is 0 Å². The molecule has 1 fully saturated rings. The maximum atomic E-state index is 5.86. The number of halogens is 1. The lowest BCUT2D eigenvalue weighted by atomic mass is 10.2. The van der Waals surface area contributed by atoms with Crippen LogP contribution in [-0.4, -0.2) is 28.6 Å². The molecule has 0 bridgehead atoms. The van der Waals surface area contributed by atoms with E-state index in [2.05, 4.69) is 27.8 Å². The van der Waals surface area contributed by atoms with Crippen molar-refractivity contribution in [2.75, 3.05) is 19.1 Å². The van der Waals surface area contributed by atoms with Gasteiger partial charge in [0.05, 0.1) is 23.7 Å². The van der Waals surface area contributed by atoms with E-state index in [1.807, 2.05) is 6.07 Å². The molecule has 1 atom stereocenters. The highest BCUT2D eigenvalue weighted by Gasteiger charge is 2.22. The Morgan fingerprint density at radius 2 is 2.29 bits per heavy atom. The predicted molar refractivity (Wildman–Crippen MR) is 68.6 cm³/mol. The van der Waals surface area contributed by atoms with Gasteiger partial charge in [-0.25, -0.2) is 4.98 Å². The van der Waals surface area contributed by atoms with E-state index in [1.165, 1.54) is 5.52 Å². The fraction of sp³-hybridized carbons (Fsp3) is 0.462. The highest BCUT2D eigenvalue weighted by Crippen LogP contribution is 2.27. The number of aromatic nitrogens is 2. The Morgan fingerprint density at radius 1 is 1.41 bits per heavy atom. The highest BCUT2D eigenvalue weighted by molar-refractivity contribution is 6.17. The third-order valence-corrected chi connectivity index (χ3v) is 3.45. The lowest BCUT2D eigenvalue weighted by Crippen LogP contribution is -2.12. The number of alkyl halides is 1. The van der Waals surface area contributed by atoms with Crippen molar-refractivity contribution in [2.24, 2.45) is 0 Å². The third kappa shape index (κ3) is 1.94. The summed E-state index contributed by atoms with van der Waals surface area (Å²) in [5.41, 5.74) is 2.25. The fourth-order valence-electron chi connectivity index (χ4n) is 2.49. The zero-order valence-electron chi connectivity index (χ0n) is 9.60. The molecule has 0 saturated carbocycles. The smallest absolute Gasteiger partial charge is 0.111 e. The number of ether oxygens (including phenoxy) is 1. The van der Waals surface area contributed by atoms with Gasteiger partial charge in [0.15, 0.2) is 0 Å². The van der Waals surface area contributed by atoms with E-state index in [0.717, 1.165) is 37.4 Å². The van der Waals surface area contributed by atoms with Crippen LogP contribution in [0.15, 0.2) is 24.3 Å². The number of aryl methyl sites for hydroxylation is 1. The van der Waals surface area contributed by atoms with E-state index in [-0.39, 0.29) is 0 Å². The molecule has 4 heteroatoms. The fourth-order valence-corrected chi connectivity index (χ4v) is 2.66. The quantitative estimate of drug-likeness (QED) is 0.784. The van der Waals surface area contributed by atoms with Crippen LogP contribution >= 0.6 is 11.6 Å². The summed E-state index contributed by atoms with van der Waals surface area (Å²) in [7, 11) is 0. The van der Waals surface area contributed by atoms with Crippen LogP contribution in [0.2, 0.25) is 0 Å². The van der Waals surface area contributed by atoms with Crippen molar-refractivity contribution in [1.82, 2.24) is 9.55 Å². The normalized spacial score (nSPS) is 20.2. The number of fused-ring (bicyclic) bond motifs is 1. The number of imidazole rings is 1. The van der Waals surface area contributed by atoms with Gasteiger partial charge in [-0.05, 0) is 18.6 Å². The van der Waals surface area contributed by atoms with E-state index in [9.17, 15) is 0 Å². The van der Waals surface area contributed by atoms with Crippen molar-refractivity contribution in [2.45, 2.75) is 18.9 Å². The summed E-state index contributed by atoms with van der Waals surface area (Å²) in [5.74, 6) is 1.69. The number of para-hydroxylation sites is 2. The number of rotatable bonds is 3. The summed E-state index contributed by atoms with van der Waals surface area (Å²) in [6.07, 6.45) is 1.88. The first-order chi connectivity index (χ1) is 8.40. The van der Waals surface area contributed by atoms with Gasteiger partial charge >= 0.3 is 0 Å². The molecule has 2 heterocycles. The van der Waals surface area contributed by atoms with Crippen LogP contribution < -0.4 is 0 Å². The van der Waals surface area contributed by atoms with Gasteiger partial charge in [-0.15, -0.1) is 11.6 Å². The molecule has 2 aromatic rings.